The van der Waals surface area contributed by atoms with Crippen LogP contribution >= 0.6 is 58.4 Å². The summed E-state index contributed by atoms with van der Waals surface area (Å²) in [7, 11) is 0. The normalized spacial score (nSPS) is 9.85. The lowest BCUT2D eigenvalue weighted by molar-refractivity contribution is 1.22. The van der Waals surface area contributed by atoms with Crippen molar-refractivity contribution < 1.29 is 0 Å². The number of rotatable bonds is 5. The second-order valence-electron chi connectivity index (χ2n) is 3.10. The number of hydrogen-bond donors (Lipinski definition) is 0. The van der Waals surface area contributed by atoms with Crippen LogP contribution in [0.25, 0.3) is 10.2 Å². The molecule has 98 valence electrons. The van der Waals surface area contributed by atoms with Gasteiger partial charge in [-0.25, -0.2) is 4.98 Å². The van der Waals surface area contributed by atoms with Crippen molar-refractivity contribution in [3.05, 3.63) is 12.1 Å². The Balaban J connectivity index is 2.40. The largest absolute Gasteiger partial charge is 0.228 e. The lowest BCUT2D eigenvalue weighted by Gasteiger charge is -2.01. The van der Waals surface area contributed by atoms with Crippen LogP contribution in [0.1, 0.15) is 0 Å². The Bertz CT molecular complexity index is 749. The molecule has 2 aromatic rings. The molecule has 0 atom stereocenters. The van der Waals surface area contributed by atoms with Crippen LogP contribution in [0.15, 0.2) is 26.3 Å². The molecule has 0 aliphatic rings. The maximum Gasteiger partial charge on any atom is 0.152 e. The summed E-state index contributed by atoms with van der Waals surface area (Å²) in [5.41, 5.74) is 0.756. The lowest BCUT2D eigenvalue weighted by Crippen LogP contribution is -1.80. The second kappa shape index (κ2) is 7.68. The van der Waals surface area contributed by atoms with Gasteiger partial charge in [0.25, 0.3) is 0 Å². The smallest absolute Gasteiger partial charge is 0.152 e. The molecule has 0 unspecified atom stereocenters. The fourth-order valence-corrected chi connectivity index (χ4v) is 5.27. The highest BCUT2D eigenvalue weighted by atomic mass is 32.2. The molecule has 4 nitrogen and oxygen atoms in total. The quantitative estimate of drug-likeness (QED) is 0.331. The zero-order valence-electron chi connectivity index (χ0n) is 9.69. The van der Waals surface area contributed by atoms with Crippen LogP contribution in [-0.4, -0.2) is 10.1 Å². The summed E-state index contributed by atoms with van der Waals surface area (Å²) < 4.78 is 1.84. The number of fused-ring (bicyclic) bond motifs is 1. The van der Waals surface area contributed by atoms with Crippen molar-refractivity contribution in [3.63, 3.8) is 0 Å². The highest BCUT2D eigenvalue weighted by Gasteiger charge is 2.14. The SMILES string of the molecule is N#CSCSc1nc2c(SC#N)c(SC#N)ccc2s1. The molecule has 1 heterocycles. The summed E-state index contributed by atoms with van der Waals surface area (Å²) in [6, 6.07) is 3.75. The molecule has 0 radical (unpaired) electrons. The van der Waals surface area contributed by atoms with E-state index in [1.165, 1.54) is 34.9 Å². The summed E-state index contributed by atoms with van der Waals surface area (Å²) in [4.78, 5) is 5.99. The molecule has 1 aromatic heterocycles. The summed E-state index contributed by atoms with van der Waals surface area (Å²) in [5, 5.41) is 32.9. The van der Waals surface area contributed by atoms with Gasteiger partial charge in [0.1, 0.15) is 16.2 Å². The standard InChI is InChI=1S/C11H4N4S5/c12-3-16-6-19-11-15-9-7(20-11)1-2-8(17-4-13)10(9)18-5-14/h1-2H,6H2. The number of hydrogen-bond acceptors (Lipinski definition) is 9. The van der Waals surface area contributed by atoms with Gasteiger partial charge in [0.2, 0.25) is 0 Å². The van der Waals surface area contributed by atoms with Gasteiger partial charge in [-0.05, 0) is 47.4 Å². The summed E-state index contributed by atoms with van der Waals surface area (Å²) in [6.45, 7) is 0. The van der Waals surface area contributed by atoms with Crippen molar-refractivity contribution in [2.24, 2.45) is 0 Å². The van der Waals surface area contributed by atoms with E-state index in [-0.39, 0.29) is 0 Å². The van der Waals surface area contributed by atoms with Crippen LogP contribution in [0.4, 0.5) is 0 Å². The third-order valence-corrected chi connectivity index (χ3v) is 6.39. The Morgan fingerprint density at radius 2 is 1.90 bits per heavy atom. The zero-order valence-corrected chi connectivity index (χ0v) is 13.8. The monoisotopic (exact) mass is 352 g/mol. The Labute approximate surface area is 136 Å². The van der Waals surface area contributed by atoms with Gasteiger partial charge in [0.15, 0.2) is 4.34 Å². The van der Waals surface area contributed by atoms with Crippen molar-refractivity contribution in [3.8, 4) is 16.2 Å². The Morgan fingerprint density at radius 1 is 1.10 bits per heavy atom. The molecule has 2 rings (SSSR count). The van der Waals surface area contributed by atoms with Gasteiger partial charge in [-0.2, -0.15) is 15.8 Å². The summed E-state index contributed by atoms with van der Waals surface area (Å²) in [5.74, 6) is 0. The zero-order chi connectivity index (χ0) is 14.4. The molecule has 0 fully saturated rings. The highest BCUT2D eigenvalue weighted by Crippen LogP contribution is 2.40. The van der Waals surface area contributed by atoms with E-state index < -0.39 is 0 Å². The van der Waals surface area contributed by atoms with Gasteiger partial charge in [-0.1, -0.05) is 11.8 Å². The lowest BCUT2D eigenvalue weighted by atomic mass is 10.3. The van der Waals surface area contributed by atoms with Crippen LogP contribution in [0.2, 0.25) is 0 Å². The summed E-state index contributed by atoms with van der Waals surface area (Å²) in [6.07, 6.45) is 0. The van der Waals surface area contributed by atoms with Gasteiger partial charge < -0.3 is 0 Å². The molecule has 20 heavy (non-hydrogen) atoms. The van der Waals surface area contributed by atoms with Crippen molar-refractivity contribution in [2.75, 3.05) is 5.08 Å². The van der Waals surface area contributed by atoms with Crippen LogP contribution < -0.4 is 0 Å². The van der Waals surface area contributed by atoms with E-state index in [2.05, 4.69) is 4.98 Å². The van der Waals surface area contributed by atoms with Crippen LogP contribution in [0.5, 0.6) is 0 Å². The fraction of sp³-hybridized carbons (Fsp3) is 0.0909. The Hall–Kier alpha value is -1.02. The molecular formula is C11H4N4S5. The average molecular weight is 353 g/mol. The van der Waals surface area contributed by atoms with E-state index in [9.17, 15) is 0 Å². The molecule has 1 aromatic carbocycles. The van der Waals surface area contributed by atoms with Crippen molar-refractivity contribution in [1.82, 2.24) is 4.98 Å². The van der Waals surface area contributed by atoms with Gasteiger partial charge in [0.05, 0.1) is 20.2 Å². The van der Waals surface area contributed by atoms with Gasteiger partial charge in [0, 0.05) is 4.90 Å². The predicted molar refractivity (Wildman–Crippen MR) is 86.5 cm³/mol. The number of aromatic nitrogens is 1. The van der Waals surface area contributed by atoms with E-state index in [4.69, 9.17) is 15.8 Å². The average Bonchev–Trinajstić information content (AvgIpc) is 2.85. The van der Waals surface area contributed by atoms with Crippen LogP contribution in [-0.2, 0) is 0 Å². The molecule has 0 saturated carbocycles. The number of nitriles is 3. The predicted octanol–water partition coefficient (Wildman–Crippen LogP) is 4.71. The van der Waals surface area contributed by atoms with Gasteiger partial charge in [-0.3, -0.25) is 0 Å². The highest BCUT2D eigenvalue weighted by molar-refractivity contribution is 8.18. The molecule has 0 spiro atoms. The first-order valence-electron chi connectivity index (χ1n) is 4.99. The van der Waals surface area contributed by atoms with E-state index in [0.29, 0.717) is 5.08 Å². The number of thioether (sulfide) groups is 4. The number of benzene rings is 1. The van der Waals surface area contributed by atoms with E-state index in [1.54, 1.807) is 0 Å². The number of thiocyanates is 3. The third kappa shape index (κ3) is 3.54. The molecule has 0 bridgehead atoms. The summed E-state index contributed by atoms with van der Waals surface area (Å²) >= 11 is 6.25. The van der Waals surface area contributed by atoms with Crippen molar-refractivity contribution in [1.29, 1.82) is 15.8 Å². The minimum atomic E-state index is 0.622. The van der Waals surface area contributed by atoms with E-state index in [0.717, 1.165) is 47.9 Å². The fourth-order valence-electron chi connectivity index (χ4n) is 1.37. The van der Waals surface area contributed by atoms with E-state index >= 15 is 0 Å². The molecule has 0 aliphatic carbocycles. The first-order valence-corrected chi connectivity index (χ1v) is 9.41. The second-order valence-corrected chi connectivity index (χ2v) is 8.10. The minimum absolute atomic E-state index is 0.622. The minimum Gasteiger partial charge on any atom is -0.228 e. The number of thiazole rings is 1. The Kier molecular flexibility index (Phi) is 5.90. The first kappa shape index (κ1) is 15.4. The molecule has 0 N–H and O–H groups in total. The molecule has 0 saturated heterocycles. The number of nitrogens with zero attached hydrogens (tertiary/aromatic N) is 4. The van der Waals surface area contributed by atoms with E-state index in [1.807, 2.05) is 28.3 Å². The molecule has 0 amide bonds. The maximum absolute atomic E-state index is 8.90. The molecular weight excluding hydrogens is 348 g/mol. The molecule has 9 heteroatoms. The van der Waals surface area contributed by atoms with Gasteiger partial charge in [-0.15, -0.1) is 11.3 Å². The third-order valence-electron chi connectivity index (χ3n) is 2.07. The Morgan fingerprint density at radius 3 is 2.60 bits per heavy atom. The van der Waals surface area contributed by atoms with Crippen LogP contribution in [0, 0.1) is 32.0 Å². The maximum atomic E-state index is 8.90. The first-order chi connectivity index (χ1) is 9.80. The van der Waals surface area contributed by atoms with Gasteiger partial charge >= 0.3 is 0 Å². The van der Waals surface area contributed by atoms with Crippen molar-refractivity contribution in [2.45, 2.75) is 14.1 Å². The topological polar surface area (TPSA) is 84.3 Å². The van der Waals surface area contributed by atoms with Crippen LogP contribution in [0.3, 0.4) is 0 Å². The molecule has 0 aliphatic heterocycles. The van der Waals surface area contributed by atoms with Crippen molar-refractivity contribution >= 4 is 68.6 Å².